The van der Waals surface area contributed by atoms with Gasteiger partial charge in [-0.15, -0.1) is 0 Å². The van der Waals surface area contributed by atoms with Gasteiger partial charge in [0.1, 0.15) is 6.04 Å². The number of amides is 1. The van der Waals surface area contributed by atoms with Gasteiger partial charge in [0.05, 0.1) is 5.56 Å². The highest BCUT2D eigenvalue weighted by Crippen LogP contribution is 2.10. The molecule has 1 aromatic rings. The van der Waals surface area contributed by atoms with Gasteiger partial charge in [-0.05, 0) is 31.2 Å². The first-order chi connectivity index (χ1) is 7.54. The molecule has 0 fully saturated rings. The van der Waals surface area contributed by atoms with Gasteiger partial charge in [0.15, 0.2) is 0 Å². The molecule has 1 rings (SSSR count). The van der Waals surface area contributed by atoms with E-state index in [4.69, 9.17) is 5.11 Å². The second-order valence-electron chi connectivity index (χ2n) is 3.36. The molecule has 1 aromatic carbocycles. The predicted octanol–water partition coefficient (Wildman–Crippen LogP) is 0.931. The summed E-state index contributed by atoms with van der Waals surface area (Å²) in [5.74, 6) is -1.09. The van der Waals surface area contributed by atoms with Gasteiger partial charge < -0.3 is 15.7 Å². The first kappa shape index (κ1) is 12.0. The Morgan fingerprint density at radius 1 is 1.25 bits per heavy atom. The maximum absolute atomic E-state index is 11.2. The van der Waals surface area contributed by atoms with Crippen LogP contribution >= 0.6 is 0 Å². The maximum Gasteiger partial charge on any atom is 0.335 e. The number of likely N-dealkylation sites (N-methyl/N-ethyl adjacent to an activating group) is 1. The molecule has 16 heavy (non-hydrogen) atoms. The van der Waals surface area contributed by atoms with Crippen molar-refractivity contribution >= 4 is 17.6 Å². The summed E-state index contributed by atoms with van der Waals surface area (Å²) >= 11 is 0. The number of carboxylic acids is 1. The third kappa shape index (κ3) is 2.98. The molecule has 3 N–H and O–H groups in total. The molecular formula is C11H14N2O3. The van der Waals surface area contributed by atoms with E-state index in [1.165, 1.54) is 12.1 Å². The van der Waals surface area contributed by atoms with E-state index in [-0.39, 0.29) is 17.5 Å². The van der Waals surface area contributed by atoms with Crippen molar-refractivity contribution in [1.29, 1.82) is 0 Å². The van der Waals surface area contributed by atoms with Crippen molar-refractivity contribution < 1.29 is 14.7 Å². The van der Waals surface area contributed by atoms with E-state index in [0.29, 0.717) is 5.69 Å². The van der Waals surface area contributed by atoms with Gasteiger partial charge in [0.2, 0.25) is 5.91 Å². The van der Waals surface area contributed by atoms with Gasteiger partial charge in [-0.2, -0.15) is 0 Å². The lowest BCUT2D eigenvalue weighted by Gasteiger charge is -2.13. The second kappa shape index (κ2) is 5.16. The smallest absolute Gasteiger partial charge is 0.335 e. The van der Waals surface area contributed by atoms with Gasteiger partial charge in [0.25, 0.3) is 0 Å². The highest BCUT2D eigenvalue weighted by Gasteiger charge is 2.10. The van der Waals surface area contributed by atoms with E-state index in [1.807, 2.05) is 0 Å². The lowest BCUT2D eigenvalue weighted by atomic mass is 10.2. The highest BCUT2D eigenvalue weighted by molar-refractivity contribution is 5.88. The van der Waals surface area contributed by atoms with E-state index < -0.39 is 5.97 Å². The maximum atomic E-state index is 11.2. The zero-order valence-corrected chi connectivity index (χ0v) is 9.15. The number of nitrogens with one attached hydrogen (secondary N) is 2. The minimum absolute atomic E-state index is 0.123. The van der Waals surface area contributed by atoms with E-state index >= 15 is 0 Å². The molecule has 5 nitrogen and oxygen atoms in total. The van der Waals surface area contributed by atoms with Crippen LogP contribution in [0.3, 0.4) is 0 Å². The monoisotopic (exact) mass is 222 g/mol. The minimum Gasteiger partial charge on any atom is -0.478 e. The molecule has 0 saturated carbocycles. The Morgan fingerprint density at radius 3 is 2.25 bits per heavy atom. The highest BCUT2D eigenvalue weighted by atomic mass is 16.4. The van der Waals surface area contributed by atoms with Crippen molar-refractivity contribution in [3.63, 3.8) is 0 Å². The summed E-state index contributed by atoms with van der Waals surface area (Å²) < 4.78 is 0. The third-order valence-electron chi connectivity index (χ3n) is 2.15. The van der Waals surface area contributed by atoms with E-state index in [1.54, 1.807) is 26.1 Å². The zero-order valence-electron chi connectivity index (χ0n) is 9.15. The van der Waals surface area contributed by atoms with Gasteiger partial charge in [-0.25, -0.2) is 4.79 Å². The minimum atomic E-state index is -0.967. The molecule has 0 aliphatic heterocycles. The van der Waals surface area contributed by atoms with Crippen molar-refractivity contribution in [2.75, 3.05) is 12.4 Å². The fourth-order valence-corrected chi connectivity index (χ4v) is 1.24. The lowest BCUT2D eigenvalue weighted by molar-refractivity contribution is -0.121. The molecule has 0 radical (unpaired) electrons. The number of hydrogen-bond donors (Lipinski definition) is 3. The van der Waals surface area contributed by atoms with Crippen LogP contribution in [0, 0.1) is 0 Å². The number of anilines is 1. The number of aromatic carboxylic acids is 1. The van der Waals surface area contributed by atoms with Gasteiger partial charge in [0, 0.05) is 12.7 Å². The summed E-state index contributed by atoms with van der Waals surface area (Å²) in [6, 6.07) is 5.87. The second-order valence-corrected chi connectivity index (χ2v) is 3.36. The van der Waals surface area contributed by atoms with Crippen LogP contribution in [0.4, 0.5) is 5.69 Å². The molecule has 1 atom stereocenters. The van der Waals surface area contributed by atoms with Gasteiger partial charge in [-0.1, -0.05) is 0 Å². The van der Waals surface area contributed by atoms with Crippen LogP contribution in [-0.4, -0.2) is 30.1 Å². The summed E-state index contributed by atoms with van der Waals surface area (Å²) in [4.78, 5) is 21.8. The number of hydrogen-bond acceptors (Lipinski definition) is 3. The van der Waals surface area contributed by atoms with Crippen molar-refractivity contribution in [1.82, 2.24) is 5.32 Å². The Labute approximate surface area is 93.5 Å². The van der Waals surface area contributed by atoms with Gasteiger partial charge >= 0.3 is 5.97 Å². The fraction of sp³-hybridized carbons (Fsp3) is 0.273. The normalized spacial score (nSPS) is 11.6. The van der Waals surface area contributed by atoms with Crippen LogP contribution in [0.2, 0.25) is 0 Å². The largest absolute Gasteiger partial charge is 0.478 e. The molecule has 0 bridgehead atoms. The molecule has 0 heterocycles. The lowest BCUT2D eigenvalue weighted by Crippen LogP contribution is -2.35. The van der Waals surface area contributed by atoms with Crippen LogP contribution in [0.25, 0.3) is 0 Å². The molecule has 0 saturated heterocycles. The van der Waals surface area contributed by atoms with Crippen molar-refractivity contribution in [2.24, 2.45) is 0 Å². The number of benzene rings is 1. The first-order valence-corrected chi connectivity index (χ1v) is 4.86. The summed E-state index contributed by atoms with van der Waals surface area (Å²) in [6.07, 6.45) is 0. The Hall–Kier alpha value is -2.04. The predicted molar refractivity (Wildman–Crippen MR) is 60.6 cm³/mol. The SMILES string of the molecule is CNC(=O)C(C)Nc1ccc(C(=O)O)cc1. The Morgan fingerprint density at radius 2 is 1.81 bits per heavy atom. The number of carbonyl (C=O) groups excluding carboxylic acids is 1. The summed E-state index contributed by atoms with van der Waals surface area (Å²) in [7, 11) is 1.56. The van der Waals surface area contributed by atoms with Gasteiger partial charge in [-0.3, -0.25) is 4.79 Å². The number of rotatable bonds is 4. The molecule has 0 aliphatic carbocycles. The van der Waals surface area contributed by atoms with Crippen LogP contribution in [0.15, 0.2) is 24.3 Å². The Kier molecular flexibility index (Phi) is 3.88. The van der Waals surface area contributed by atoms with E-state index in [0.717, 1.165) is 0 Å². The van der Waals surface area contributed by atoms with E-state index in [9.17, 15) is 9.59 Å². The van der Waals surface area contributed by atoms with Crippen molar-refractivity contribution in [2.45, 2.75) is 13.0 Å². The molecule has 5 heteroatoms. The van der Waals surface area contributed by atoms with Crippen molar-refractivity contribution in [3.05, 3.63) is 29.8 Å². The molecule has 1 amide bonds. The molecule has 86 valence electrons. The molecular weight excluding hydrogens is 208 g/mol. The van der Waals surface area contributed by atoms with Crippen LogP contribution in [0.1, 0.15) is 17.3 Å². The first-order valence-electron chi connectivity index (χ1n) is 4.86. The molecule has 0 aromatic heterocycles. The summed E-state index contributed by atoms with van der Waals surface area (Å²) in [5.41, 5.74) is 0.930. The van der Waals surface area contributed by atoms with E-state index in [2.05, 4.69) is 10.6 Å². The Bertz CT molecular complexity index is 387. The quantitative estimate of drug-likeness (QED) is 0.708. The van der Waals surface area contributed by atoms with Crippen molar-refractivity contribution in [3.8, 4) is 0 Å². The average molecular weight is 222 g/mol. The number of carboxylic acid groups (broad SMARTS) is 1. The van der Waals surface area contributed by atoms with Crippen LogP contribution in [0.5, 0.6) is 0 Å². The third-order valence-corrected chi connectivity index (χ3v) is 2.15. The molecule has 0 spiro atoms. The average Bonchev–Trinajstić information content (AvgIpc) is 2.28. The van der Waals surface area contributed by atoms with Crippen LogP contribution < -0.4 is 10.6 Å². The zero-order chi connectivity index (χ0) is 12.1. The number of carbonyl (C=O) groups is 2. The standard InChI is InChI=1S/C11H14N2O3/c1-7(10(14)12-2)13-9-5-3-8(4-6-9)11(15)16/h3-7,13H,1-2H3,(H,12,14)(H,15,16). The topological polar surface area (TPSA) is 78.4 Å². The summed E-state index contributed by atoms with van der Waals surface area (Å²) in [5, 5.41) is 14.2. The van der Waals surface area contributed by atoms with Crippen LogP contribution in [-0.2, 0) is 4.79 Å². The Balaban J connectivity index is 2.68. The summed E-state index contributed by atoms with van der Waals surface area (Å²) in [6.45, 7) is 1.73. The fourth-order valence-electron chi connectivity index (χ4n) is 1.24. The molecule has 1 unspecified atom stereocenters. The molecule has 0 aliphatic rings.